The number of nitrogens with one attached hydrogen (secondary N) is 2. The number of carbonyl (C=O) groups is 1. The molecule has 0 aliphatic heterocycles. The summed E-state index contributed by atoms with van der Waals surface area (Å²) in [4.78, 5) is 11.9. The Morgan fingerprint density at radius 2 is 1.86 bits per heavy atom. The minimum absolute atomic E-state index is 0.0928. The highest BCUT2D eigenvalue weighted by Crippen LogP contribution is 2.26. The van der Waals surface area contributed by atoms with Crippen molar-refractivity contribution in [3.8, 4) is 5.75 Å². The second-order valence-corrected chi connectivity index (χ2v) is 5.10. The van der Waals surface area contributed by atoms with Crippen LogP contribution >= 0.6 is 23.2 Å². The van der Waals surface area contributed by atoms with Crippen LogP contribution in [0.4, 0.5) is 11.4 Å². The van der Waals surface area contributed by atoms with Gasteiger partial charge < -0.3 is 15.4 Å². The number of methoxy groups -OCH3 is 1. The molecular formula is C15H14Cl2N2O2. The summed E-state index contributed by atoms with van der Waals surface area (Å²) in [6.07, 6.45) is 0. The van der Waals surface area contributed by atoms with E-state index in [0.29, 0.717) is 27.2 Å². The van der Waals surface area contributed by atoms with E-state index in [1.807, 2.05) is 0 Å². The lowest BCUT2D eigenvalue weighted by Crippen LogP contribution is -2.21. The molecule has 6 heteroatoms. The molecule has 0 atom stereocenters. The maximum atomic E-state index is 11.9. The first-order valence-corrected chi connectivity index (χ1v) is 6.97. The molecule has 0 unspecified atom stereocenters. The van der Waals surface area contributed by atoms with Crippen LogP contribution in [0.3, 0.4) is 0 Å². The molecule has 0 saturated carbocycles. The van der Waals surface area contributed by atoms with E-state index in [9.17, 15) is 4.79 Å². The van der Waals surface area contributed by atoms with Gasteiger partial charge in [0.2, 0.25) is 5.91 Å². The van der Waals surface area contributed by atoms with Gasteiger partial charge in [0, 0.05) is 16.8 Å². The van der Waals surface area contributed by atoms with Crippen molar-refractivity contribution >= 4 is 40.5 Å². The maximum absolute atomic E-state index is 11.9. The lowest BCUT2D eigenvalue weighted by molar-refractivity contribution is -0.114. The highest BCUT2D eigenvalue weighted by molar-refractivity contribution is 6.33. The van der Waals surface area contributed by atoms with E-state index in [-0.39, 0.29) is 12.5 Å². The Hall–Kier alpha value is -1.91. The van der Waals surface area contributed by atoms with E-state index < -0.39 is 0 Å². The first-order valence-electron chi connectivity index (χ1n) is 6.21. The minimum Gasteiger partial charge on any atom is -0.497 e. The average molecular weight is 325 g/mol. The third kappa shape index (κ3) is 4.55. The van der Waals surface area contributed by atoms with E-state index in [2.05, 4.69) is 10.6 Å². The van der Waals surface area contributed by atoms with Gasteiger partial charge in [-0.3, -0.25) is 4.79 Å². The summed E-state index contributed by atoms with van der Waals surface area (Å²) < 4.78 is 5.11. The number of ether oxygens (including phenoxy) is 1. The normalized spacial score (nSPS) is 10.0. The van der Waals surface area contributed by atoms with Gasteiger partial charge in [-0.25, -0.2) is 0 Å². The summed E-state index contributed by atoms with van der Waals surface area (Å²) in [5, 5.41) is 6.86. The molecule has 0 aliphatic carbocycles. The summed E-state index contributed by atoms with van der Waals surface area (Å²) in [5.41, 5.74) is 1.32. The van der Waals surface area contributed by atoms with Gasteiger partial charge in [-0.15, -0.1) is 0 Å². The maximum Gasteiger partial charge on any atom is 0.243 e. The molecule has 1 amide bonds. The Labute approximate surface area is 133 Å². The average Bonchev–Trinajstić information content (AvgIpc) is 2.49. The topological polar surface area (TPSA) is 50.4 Å². The van der Waals surface area contributed by atoms with Crippen molar-refractivity contribution in [1.29, 1.82) is 0 Å². The van der Waals surface area contributed by atoms with Crippen LogP contribution in [0, 0.1) is 0 Å². The van der Waals surface area contributed by atoms with Gasteiger partial charge in [0.05, 0.1) is 24.4 Å². The third-order valence-corrected chi connectivity index (χ3v) is 3.32. The van der Waals surface area contributed by atoms with Gasteiger partial charge in [-0.2, -0.15) is 0 Å². The van der Waals surface area contributed by atoms with Gasteiger partial charge >= 0.3 is 0 Å². The number of amides is 1. The van der Waals surface area contributed by atoms with Crippen molar-refractivity contribution in [3.05, 3.63) is 52.5 Å². The lowest BCUT2D eigenvalue weighted by atomic mass is 10.3. The summed E-state index contributed by atoms with van der Waals surface area (Å²) in [6.45, 7) is 0.0928. The number of carbonyl (C=O) groups excluding carboxylic acids is 1. The van der Waals surface area contributed by atoms with Crippen molar-refractivity contribution < 1.29 is 9.53 Å². The molecule has 21 heavy (non-hydrogen) atoms. The summed E-state index contributed by atoms with van der Waals surface area (Å²) in [5.74, 6) is 0.483. The van der Waals surface area contributed by atoms with Gasteiger partial charge in [0.1, 0.15) is 5.75 Å². The van der Waals surface area contributed by atoms with Crippen LogP contribution in [-0.4, -0.2) is 19.6 Å². The zero-order valence-electron chi connectivity index (χ0n) is 11.3. The Bertz CT molecular complexity index is 630. The van der Waals surface area contributed by atoms with Crippen LogP contribution in [0.5, 0.6) is 5.75 Å². The predicted octanol–water partition coefficient (Wildman–Crippen LogP) is 4.05. The Balaban J connectivity index is 1.93. The molecule has 0 radical (unpaired) electrons. The number of benzene rings is 2. The van der Waals surface area contributed by atoms with Gasteiger partial charge in [-0.05, 0) is 36.4 Å². The van der Waals surface area contributed by atoms with Crippen molar-refractivity contribution in [3.63, 3.8) is 0 Å². The molecule has 4 nitrogen and oxygen atoms in total. The number of anilines is 2. The van der Waals surface area contributed by atoms with E-state index >= 15 is 0 Å². The number of rotatable bonds is 5. The zero-order chi connectivity index (χ0) is 15.2. The first-order chi connectivity index (χ1) is 10.1. The fraction of sp³-hybridized carbons (Fsp3) is 0.133. The van der Waals surface area contributed by atoms with Crippen molar-refractivity contribution in [1.82, 2.24) is 0 Å². The van der Waals surface area contributed by atoms with E-state index in [1.54, 1.807) is 49.6 Å². The molecule has 110 valence electrons. The SMILES string of the molecule is COc1ccc(Cl)c(NCC(=O)Nc2ccc(Cl)cc2)c1. The predicted molar refractivity (Wildman–Crippen MR) is 86.6 cm³/mol. The smallest absolute Gasteiger partial charge is 0.243 e. The molecule has 0 bridgehead atoms. The summed E-state index contributed by atoms with van der Waals surface area (Å²) in [6, 6.07) is 12.1. The Morgan fingerprint density at radius 1 is 1.14 bits per heavy atom. The monoisotopic (exact) mass is 324 g/mol. The van der Waals surface area contributed by atoms with E-state index in [4.69, 9.17) is 27.9 Å². The molecule has 0 aliphatic rings. The molecular weight excluding hydrogens is 311 g/mol. The number of hydrogen-bond acceptors (Lipinski definition) is 3. The van der Waals surface area contributed by atoms with Crippen LogP contribution in [0.15, 0.2) is 42.5 Å². The second-order valence-electron chi connectivity index (χ2n) is 4.25. The minimum atomic E-state index is -0.184. The fourth-order valence-electron chi connectivity index (χ4n) is 1.68. The molecule has 0 spiro atoms. The molecule has 2 N–H and O–H groups in total. The van der Waals surface area contributed by atoms with Crippen molar-refractivity contribution in [2.45, 2.75) is 0 Å². The van der Waals surface area contributed by atoms with Gasteiger partial charge in [-0.1, -0.05) is 23.2 Å². The Morgan fingerprint density at radius 3 is 2.52 bits per heavy atom. The molecule has 2 rings (SSSR count). The van der Waals surface area contributed by atoms with Crippen LogP contribution in [-0.2, 0) is 4.79 Å². The second kappa shape index (κ2) is 7.20. The van der Waals surface area contributed by atoms with Crippen LogP contribution < -0.4 is 15.4 Å². The molecule has 0 fully saturated rings. The third-order valence-electron chi connectivity index (χ3n) is 2.74. The lowest BCUT2D eigenvalue weighted by Gasteiger charge is -2.10. The quantitative estimate of drug-likeness (QED) is 0.872. The zero-order valence-corrected chi connectivity index (χ0v) is 12.8. The Kier molecular flexibility index (Phi) is 5.31. The van der Waals surface area contributed by atoms with Crippen LogP contribution in [0.2, 0.25) is 10.0 Å². The van der Waals surface area contributed by atoms with Crippen LogP contribution in [0.25, 0.3) is 0 Å². The molecule has 0 saturated heterocycles. The summed E-state index contributed by atoms with van der Waals surface area (Å²) >= 11 is 11.8. The highest BCUT2D eigenvalue weighted by Gasteiger charge is 2.06. The van der Waals surface area contributed by atoms with Gasteiger partial charge in [0.25, 0.3) is 0 Å². The van der Waals surface area contributed by atoms with Crippen LogP contribution in [0.1, 0.15) is 0 Å². The number of hydrogen-bond donors (Lipinski definition) is 2. The van der Waals surface area contributed by atoms with Crippen molar-refractivity contribution in [2.75, 3.05) is 24.3 Å². The number of halogens is 2. The fourth-order valence-corrected chi connectivity index (χ4v) is 1.99. The molecule has 0 heterocycles. The largest absolute Gasteiger partial charge is 0.497 e. The standard InChI is InChI=1S/C15H14Cl2N2O2/c1-21-12-6-7-13(17)14(8-12)18-9-15(20)19-11-4-2-10(16)3-5-11/h2-8,18H,9H2,1H3,(H,19,20). The molecule has 0 aromatic heterocycles. The first kappa shape index (κ1) is 15.5. The highest BCUT2D eigenvalue weighted by atomic mass is 35.5. The van der Waals surface area contributed by atoms with Crippen molar-refractivity contribution in [2.24, 2.45) is 0 Å². The molecule has 2 aromatic rings. The molecule has 2 aromatic carbocycles. The van der Waals surface area contributed by atoms with E-state index in [1.165, 1.54) is 0 Å². The van der Waals surface area contributed by atoms with Gasteiger partial charge in [0.15, 0.2) is 0 Å². The van der Waals surface area contributed by atoms with E-state index in [0.717, 1.165) is 0 Å². The summed E-state index contributed by atoms with van der Waals surface area (Å²) in [7, 11) is 1.57.